The van der Waals surface area contributed by atoms with Gasteiger partial charge in [0.05, 0.1) is 11.5 Å². The van der Waals surface area contributed by atoms with Crippen molar-refractivity contribution in [2.24, 2.45) is 0 Å². The summed E-state index contributed by atoms with van der Waals surface area (Å²) in [6.45, 7) is 0.843. The standard InChI is InChI=1S/C17H17ClO/c18-17(16-7-4-12-19-16)15-10-8-14(9-11-15)13-5-2-1-3-6-13/h1-3,5-6,8-11,16-17H,4,7,12H2. The van der Waals surface area contributed by atoms with Gasteiger partial charge >= 0.3 is 0 Å². The molecule has 2 aromatic rings. The van der Waals surface area contributed by atoms with Crippen LogP contribution in [0.1, 0.15) is 23.8 Å². The normalized spacial score (nSPS) is 20.4. The van der Waals surface area contributed by atoms with Crippen molar-refractivity contribution in [2.45, 2.75) is 24.3 Å². The van der Waals surface area contributed by atoms with Crippen LogP contribution in [0, 0.1) is 0 Å². The molecule has 2 heteroatoms. The van der Waals surface area contributed by atoms with E-state index in [1.165, 1.54) is 11.1 Å². The molecular formula is C17H17ClO. The molecule has 0 saturated carbocycles. The summed E-state index contributed by atoms with van der Waals surface area (Å²) in [5.41, 5.74) is 3.60. The topological polar surface area (TPSA) is 9.23 Å². The van der Waals surface area contributed by atoms with Crippen molar-refractivity contribution in [3.8, 4) is 11.1 Å². The predicted octanol–water partition coefficient (Wildman–Crippen LogP) is 4.81. The largest absolute Gasteiger partial charge is 0.376 e. The van der Waals surface area contributed by atoms with Crippen LogP contribution < -0.4 is 0 Å². The summed E-state index contributed by atoms with van der Waals surface area (Å²) >= 11 is 6.49. The highest BCUT2D eigenvalue weighted by molar-refractivity contribution is 6.21. The van der Waals surface area contributed by atoms with Crippen LogP contribution in [0.2, 0.25) is 0 Å². The molecule has 0 N–H and O–H groups in total. The molecule has 1 saturated heterocycles. The Morgan fingerprint density at radius 3 is 2.26 bits per heavy atom. The van der Waals surface area contributed by atoms with Gasteiger partial charge in [0.2, 0.25) is 0 Å². The fraction of sp³-hybridized carbons (Fsp3) is 0.294. The Balaban J connectivity index is 1.79. The van der Waals surface area contributed by atoms with Crippen molar-refractivity contribution < 1.29 is 4.74 Å². The lowest BCUT2D eigenvalue weighted by Crippen LogP contribution is -2.12. The zero-order valence-corrected chi connectivity index (χ0v) is 11.5. The Bertz CT molecular complexity index is 515. The fourth-order valence-electron chi connectivity index (χ4n) is 2.54. The van der Waals surface area contributed by atoms with E-state index in [4.69, 9.17) is 16.3 Å². The minimum atomic E-state index is -0.0349. The minimum Gasteiger partial charge on any atom is -0.376 e. The van der Waals surface area contributed by atoms with Gasteiger partial charge in [-0.1, -0.05) is 54.6 Å². The molecule has 1 nitrogen and oxygen atoms in total. The first-order valence-corrected chi connectivity index (χ1v) is 7.19. The van der Waals surface area contributed by atoms with E-state index in [0.717, 1.165) is 25.0 Å². The Labute approximate surface area is 119 Å². The third kappa shape index (κ3) is 2.83. The molecule has 0 bridgehead atoms. The smallest absolute Gasteiger partial charge is 0.0847 e. The van der Waals surface area contributed by atoms with Crippen molar-refractivity contribution in [3.63, 3.8) is 0 Å². The molecule has 1 aliphatic heterocycles. The maximum atomic E-state index is 6.49. The van der Waals surface area contributed by atoms with E-state index in [9.17, 15) is 0 Å². The Kier molecular flexibility index (Phi) is 3.86. The van der Waals surface area contributed by atoms with Crippen LogP contribution in [0.5, 0.6) is 0 Å². The molecule has 0 amide bonds. The van der Waals surface area contributed by atoms with Crippen LogP contribution in [-0.4, -0.2) is 12.7 Å². The first-order valence-electron chi connectivity index (χ1n) is 6.75. The predicted molar refractivity (Wildman–Crippen MR) is 79.4 cm³/mol. The second-order valence-electron chi connectivity index (χ2n) is 4.94. The van der Waals surface area contributed by atoms with E-state index >= 15 is 0 Å². The van der Waals surface area contributed by atoms with E-state index in [2.05, 4.69) is 48.5 Å². The van der Waals surface area contributed by atoms with Crippen molar-refractivity contribution in [3.05, 3.63) is 60.2 Å². The SMILES string of the molecule is ClC(c1ccc(-c2ccccc2)cc1)C1CCCO1. The Morgan fingerprint density at radius 2 is 1.63 bits per heavy atom. The lowest BCUT2D eigenvalue weighted by molar-refractivity contribution is 0.107. The maximum Gasteiger partial charge on any atom is 0.0847 e. The van der Waals surface area contributed by atoms with Gasteiger partial charge in [-0.05, 0) is 29.5 Å². The zero-order valence-electron chi connectivity index (χ0n) is 10.8. The fourth-order valence-corrected chi connectivity index (χ4v) is 2.88. The molecule has 1 fully saturated rings. The molecular weight excluding hydrogens is 256 g/mol. The summed E-state index contributed by atoms with van der Waals surface area (Å²) in [5, 5.41) is -0.0349. The second-order valence-corrected chi connectivity index (χ2v) is 5.41. The molecule has 1 heterocycles. The lowest BCUT2D eigenvalue weighted by Gasteiger charge is -2.17. The minimum absolute atomic E-state index is 0.0349. The van der Waals surface area contributed by atoms with Crippen LogP contribution in [0.25, 0.3) is 11.1 Å². The van der Waals surface area contributed by atoms with Crippen molar-refractivity contribution in [2.75, 3.05) is 6.61 Å². The van der Waals surface area contributed by atoms with Gasteiger partial charge in [0.15, 0.2) is 0 Å². The number of benzene rings is 2. The van der Waals surface area contributed by atoms with E-state index < -0.39 is 0 Å². The van der Waals surface area contributed by atoms with E-state index in [0.29, 0.717) is 0 Å². The summed E-state index contributed by atoms with van der Waals surface area (Å²) in [7, 11) is 0. The molecule has 98 valence electrons. The molecule has 1 aliphatic rings. The van der Waals surface area contributed by atoms with Crippen molar-refractivity contribution >= 4 is 11.6 Å². The highest BCUT2D eigenvalue weighted by Crippen LogP contribution is 2.33. The zero-order chi connectivity index (χ0) is 13.1. The third-order valence-corrected chi connectivity index (χ3v) is 4.16. The van der Waals surface area contributed by atoms with Crippen LogP contribution in [0.4, 0.5) is 0 Å². The second kappa shape index (κ2) is 5.77. The molecule has 2 atom stereocenters. The van der Waals surface area contributed by atoms with Crippen LogP contribution >= 0.6 is 11.6 Å². The Hall–Kier alpha value is -1.31. The lowest BCUT2D eigenvalue weighted by atomic mass is 10.0. The highest BCUT2D eigenvalue weighted by Gasteiger charge is 2.25. The van der Waals surface area contributed by atoms with E-state index in [1.54, 1.807) is 0 Å². The first-order chi connectivity index (χ1) is 9.34. The monoisotopic (exact) mass is 272 g/mol. The van der Waals surface area contributed by atoms with Gasteiger partial charge in [-0.25, -0.2) is 0 Å². The maximum absolute atomic E-state index is 6.49. The van der Waals surface area contributed by atoms with Gasteiger partial charge in [0, 0.05) is 6.61 Å². The van der Waals surface area contributed by atoms with Crippen LogP contribution in [0.15, 0.2) is 54.6 Å². The third-order valence-electron chi connectivity index (χ3n) is 3.63. The number of hydrogen-bond acceptors (Lipinski definition) is 1. The summed E-state index contributed by atoms with van der Waals surface area (Å²) in [5.74, 6) is 0. The van der Waals surface area contributed by atoms with Crippen molar-refractivity contribution in [1.29, 1.82) is 0 Å². The number of halogens is 1. The van der Waals surface area contributed by atoms with E-state index in [-0.39, 0.29) is 11.5 Å². The van der Waals surface area contributed by atoms with Crippen LogP contribution in [-0.2, 0) is 4.74 Å². The molecule has 0 spiro atoms. The molecule has 3 rings (SSSR count). The van der Waals surface area contributed by atoms with Gasteiger partial charge < -0.3 is 4.74 Å². The van der Waals surface area contributed by atoms with Gasteiger partial charge in [-0.2, -0.15) is 0 Å². The van der Waals surface area contributed by atoms with Gasteiger partial charge in [-0.3, -0.25) is 0 Å². The molecule has 0 aromatic heterocycles. The summed E-state index contributed by atoms with van der Waals surface area (Å²) in [4.78, 5) is 0. The number of hydrogen-bond donors (Lipinski definition) is 0. The van der Waals surface area contributed by atoms with Crippen molar-refractivity contribution in [1.82, 2.24) is 0 Å². The number of ether oxygens (including phenoxy) is 1. The van der Waals surface area contributed by atoms with Crippen LogP contribution in [0.3, 0.4) is 0 Å². The average Bonchev–Trinajstić information content (AvgIpc) is 3.02. The van der Waals surface area contributed by atoms with E-state index in [1.807, 2.05) is 6.07 Å². The average molecular weight is 273 g/mol. The molecule has 0 radical (unpaired) electrons. The highest BCUT2D eigenvalue weighted by atomic mass is 35.5. The van der Waals surface area contributed by atoms with Gasteiger partial charge in [0.1, 0.15) is 0 Å². The first kappa shape index (κ1) is 12.7. The molecule has 0 aliphatic carbocycles. The summed E-state index contributed by atoms with van der Waals surface area (Å²) in [6.07, 6.45) is 2.36. The Morgan fingerprint density at radius 1 is 0.947 bits per heavy atom. The number of alkyl halides is 1. The molecule has 2 aromatic carbocycles. The molecule has 19 heavy (non-hydrogen) atoms. The molecule has 2 unspecified atom stereocenters. The summed E-state index contributed by atoms with van der Waals surface area (Å²) < 4.78 is 5.65. The number of rotatable bonds is 3. The van der Waals surface area contributed by atoms with Gasteiger partial charge in [0.25, 0.3) is 0 Å². The summed E-state index contributed by atoms with van der Waals surface area (Å²) in [6, 6.07) is 18.9. The quantitative estimate of drug-likeness (QED) is 0.729. The van der Waals surface area contributed by atoms with Gasteiger partial charge in [-0.15, -0.1) is 11.6 Å².